The summed E-state index contributed by atoms with van der Waals surface area (Å²) in [7, 11) is 1.52. The zero-order valence-electron chi connectivity index (χ0n) is 15.0. The van der Waals surface area contributed by atoms with Crippen LogP contribution in [0.1, 0.15) is 11.3 Å². The number of para-hydroxylation sites is 1. The van der Waals surface area contributed by atoms with Crippen molar-refractivity contribution in [3.8, 4) is 17.0 Å². The topological polar surface area (TPSA) is 38.6 Å². The molecule has 7 heteroatoms. The van der Waals surface area contributed by atoms with E-state index in [1.54, 1.807) is 12.1 Å². The number of methoxy groups -OCH3 is 1. The lowest BCUT2D eigenvalue weighted by Gasteiger charge is -2.14. The summed E-state index contributed by atoms with van der Waals surface area (Å²) in [6, 6.07) is 10.4. The van der Waals surface area contributed by atoms with Crippen LogP contribution in [0.3, 0.4) is 0 Å². The maximum Gasteiger partial charge on any atom is 0.196 e. The molecule has 0 aliphatic rings. The molecule has 0 fully saturated rings. The fourth-order valence-corrected chi connectivity index (χ4v) is 4.23. The van der Waals surface area contributed by atoms with Gasteiger partial charge in [-0.1, -0.05) is 29.8 Å². The molecule has 4 nitrogen and oxygen atoms in total. The highest BCUT2D eigenvalue weighted by molar-refractivity contribution is 7.15. The molecule has 4 aromatic rings. The molecule has 0 saturated heterocycles. The van der Waals surface area contributed by atoms with Crippen molar-refractivity contribution >= 4 is 39.4 Å². The molecule has 27 heavy (non-hydrogen) atoms. The largest absolute Gasteiger partial charge is 0.496 e. The summed E-state index contributed by atoms with van der Waals surface area (Å²) >= 11 is 7.91. The van der Waals surface area contributed by atoms with Crippen LogP contribution in [-0.2, 0) is 0 Å². The molecular formula is C20H17ClFN3OS. The number of imidazole rings is 1. The number of thiazole rings is 1. The third-order valence-electron chi connectivity index (χ3n) is 4.43. The number of nitrogens with one attached hydrogen (secondary N) is 1. The molecule has 0 aliphatic carbocycles. The Morgan fingerprint density at radius 2 is 1.96 bits per heavy atom. The minimum Gasteiger partial charge on any atom is -0.496 e. The van der Waals surface area contributed by atoms with Crippen molar-refractivity contribution in [1.29, 1.82) is 0 Å². The number of hydrogen-bond donors (Lipinski definition) is 1. The van der Waals surface area contributed by atoms with Crippen molar-refractivity contribution in [1.82, 2.24) is 9.38 Å². The van der Waals surface area contributed by atoms with Crippen molar-refractivity contribution in [2.24, 2.45) is 0 Å². The van der Waals surface area contributed by atoms with Gasteiger partial charge in [-0.2, -0.15) is 0 Å². The van der Waals surface area contributed by atoms with Gasteiger partial charge in [-0.25, -0.2) is 9.37 Å². The van der Waals surface area contributed by atoms with Crippen molar-refractivity contribution in [2.75, 3.05) is 12.4 Å². The Labute approximate surface area is 165 Å². The summed E-state index contributed by atoms with van der Waals surface area (Å²) in [5.74, 6) is 0.692. The summed E-state index contributed by atoms with van der Waals surface area (Å²) in [6.07, 6.45) is 0. The van der Waals surface area contributed by atoms with E-state index in [2.05, 4.69) is 10.3 Å². The Balaban J connectivity index is 2.00. The van der Waals surface area contributed by atoms with Gasteiger partial charge in [-0.3, -0.25) is 4.40 Å². The van der Waals surface area contributed by atoms with Crippen LogP contribution in [0.5, 0.6) is 5.75 Å². The normalized spacial score (nSPS) is 11.1. The van der Waals surface area contributed by atoms with E-state index in [1.165, 1.54) is 24.5 Å². The van der Waals surface area contributed by atoms with Gasteiger partial charge < -0.3 is 10.1 Å². The number of hydrogen-bond acceptors (Lipinski definition) is 4. The molecule has 2 aromatic carbocycles. The number of halogens is 2. The van der Waals surface area contributed by atoms with Crippen LogP contribution in [0.25, 0.3) is 16.2 Å². The molecule has 0 radical (unpaired) electrons. The molecule has 4 rings (SSSR count). The fourth-order valence-electron chi connectivity index (χ4n) is 3.10. The van der Waals surface area contributed by atoms with E-state index in [-0.39, 0.29) is 0 Å². The molecule has 0 unspecified atom stereocenters. The molecule has 2 aromatic heterocycles. The quantitative estimate of drug-likeness (QED) is 0.441. The second-order valence-electron chi connectivity index (χ2n) is 6.18. The first-order valence-corrected chi connectivity index (χ1v) is 9.58. The Morgan fingerprint density at radius 3 is 2.70 bits per heavy atom. The van der Waals surface area contributed by atoms with E-state index in [9.17, 15) is 4.39 Å². The zero-order valence-corrected chi connectivity index (χ0v) is 16.6. The first-order chi connectivity index (χ1) is 13.0. The molecule has 0 atom stereocenters. The van der Waals surface area contributed by atoms with Gasteiger partial charge in [0.05, 0.1) is 23.4 Å². The lowest BCUT2D eigenvalue weighted by molar-refractivity contribution is 0.413. The first kappa shape index (κ1) is 17.8. The SMILES string of the molecule is COc1cccc(F)c1-c1nc2scc(C)n2c1Nc1c(C)cccc1Cl. The first-order valence-electron chi connectivity index (χ1n) is 8.32. The van der Waals surface area contributed by atoms with Crippen LogP contribution in [0.4, 0.5) is 15.9 Å². The van der Waals surface area contributed by atoms with Crippen molar-refractivity contribution in [3.05, 3.63) is 63.9 Å². The van der Waals surface area contributed by atoms with Crippen molar-refractivity contribution in [3.63, 3.8) is 0 Å². The van der Waals surface area contributed by atoms with Crippen LogP contribution in [0, 0.1) is 19.7 Å². The van der Waals surface area contributed by atoms with Crippen molar-refractivity contribution in [2.45, 2.75) is 13.8 Å². The molecule has 1 N–H and O–H groups in total. The standard InChI is InChI=1S/C20H17ClFN3OS/c1-11-6-4-7-13(21)17(11)23-19-18(24-20-25(19)12(2)10-27-20)16-14(22)8-5-9-15(16)26-3/h4-10,23H,1-3H3. The van der Waals surface area contributed by atoms with Crippen LogP contribution in [0.15, 0.2) is 41.8 Å². The number of fused-ring (bicyclic) bond motifs is 1. The monoisotopic (exact) mass is 401 g/mol. The Kier molecular flexibility index (Phi) is 4.53. The third-order valence-corrected chi connectivity index (χ3v) is 5.69. The smallest absolute Gasteiger partial charge is 0.196 e. The Morgan fingerprint density at radius 1 is 1.19 bits per heavy atom. The number of aryl methyl sites for hydroxylation is 2. The van der Waals surface area contributed by atoms with Gasteiger partial charge in [0.25, 0.3) is 0 Å². The average Bonchev–Trinajstić information content (AvgIpc) is 3.18. The number of anilines is 2. The second kappa shape index (κ2) is 6.87. The van der Waals surface area contributed by atoms with Gasteiger partial charge in [0.15, 0.2) is 4.96 Å². The van der Waals surface area contributed by atoms with Crippen LogP contribution in [-0.4, -0.2) is 16.5 Å². The van der Waals surface area contributed by atoms with E-state index >= 15 is 0 Å². The number of benzene rings is 2. The molecule has 0 saturated carbocycles. The highest BCUT2D eigenvalue weighted by Gasteiger charge is 2.23. The second-order valence-corrected chi connectivity index (χ2v) is 7.42. The van der Waals surface area contributed by atoms with E-state index in [0.717, 1.165) is 21.9 Å². The predicted molar refractivity (Wildman–Crippen MR) is 109 cm³/mol. The molecule has 138 valence electrons. The van der Waals surface area contributed by atoms with Crippen LogP contribution >= 0.6 is 22.9 Å². The summed E-state index contributed by atoms with van der Waals surface area (Å²) in [6.45, 7) is 3.95. The van der Waals surface area contributed by atoms with Crippen molar-refractivity contribution < 1.29 is 9.13 Å². The zero-order chi connectivity index (χ0) is 19.1. The van der Waals surface area contributed by atoms with E-state index < -0.39 is 5.82 Å². The average molecular weight is 402 g/mol. The van der Waals surface area contributed by atoms with Gasteiger partial charge >= 0.3 is 0 Å². The minimum absolute atomic E-state index is 0.322. The van der Waals surface area contributed by atoms with Crippen LogP contribution in [0.2, 0.25) is 5.02 Å². The molecule has 2 heterocycles. The van der Waals surface area contributed by atoms with Gasteiger partial charge in [0, 0.05) is 11.1 Å². The summed E-state index contributed by atoms with van der Waals surface area (Å²) < 4.78 is 22.1. The molecule has 0 spiro atoms. The number of ether oxygens (including phenoxy) is 1. The van der Waals surface area contributed by atoms with E-state index in [4.69, 9.17) is 16.3 Å². The maximum atomic E-state index is 14.8. The van der Waals surface area contributed by atoms with Gasteiger partial charge in [-0.05, 0) is 37.6 Å². The highest BCUT2D eigenvalue weighted by Crippen LogP contribution is 2.41. The summed E-state index contributed by atoms with van der Waals surface area (Å²) in [5, 5.41) is 5.99. The molecule has 0 bridgehead atoms. The predicted octanol–water partition coefficient (Wildman–Crippen LogP) is 6.22. The molecule has 0 aliphatic heterocycles. The lowest BCUT2D eigenvalue weighted by atomic mass is 10.1. The molecular weight excluding hydrogens is 385 g/mol. The lowest BCUT2D eigenvalue weighted by Crippen LogP contribution is -2.01. The van der Waals surface area contributed by atoms with E-state index in [1.807, 2.05) is 41.8 Å². The minimum atomic E-state index is -0.392. The Hall–Kier alpha value is -2.57. The number of nitrogens with zero attached hydrogens (tertiary/aromatic N) is 2. The number of rotatable bonds is 4. The maximum absolute atomic E-state index is 14.8. The highest BCUT2D eigenvalue weighted by atomic mass is 35.5. The Bertz CT molecular complexity index is 1130. The number of aromatic nitrogens is 2. The third kappa shape index (κ3) is 2.95. The van der Waals surface area contributed by atoms with E-state index in [0.29, 0.717) is 27.8 Å². The summed E-state index contributed by atoms with van der Waals surface area (Å²) in [4.78, 5) is 5.45. The summed E-state index contributed by atoms with van der Waals surface area (Å²) in [5.41, 5.74) is 3.55. The van der Waals surface area contributed by atoms with Crippen LogP contribution < -0.4 is 10.1 Å². The van der Waals surface area contributed by atoms with Gasteiger partial charge in [0.2, 0.25) is 0 Å². The van der Waals surface area contributed by atoms with Gasteiger partial charge in [0.1, 0.15) is 23.1 Å². The fraction of sp³-hybridized carbons (Fsp3) is 0.150. The van der Waals surface area contributed by atoms with Gasteiger partial charge in [-0.15, -0.1) is 11.3 Å². The molecule has 0 amide bonds.